The summed E-state index contributed by atoms with van der Waals surface area (Å²) in [6, 6.07) is 5.68. The first kappa shape index (κ1) is 7.05. The van der Waals surface area contributed by atoms with Crippen LogP contribution in [-0.4, -0.2) is 5.26 Å². The van der Waals surface area contributed by atoms with E-state index in [1.807, 2.05) is 0 Å². The molecule has 0 aliphatic heterocycles. The second kappa shape index (κ2) is 3.20. The summed E-state index contributed by atoms with van der Waals surface area (Å²) >= 11 is 0. The van der Waals surface area contributed by atoms with Gasteiger partial charge in [-0.05, 0) is 0 Å². The van der Waals surface area contributed by atoms with Crippen LogP contribution >= 0.6 is 0 Å². The van der Waals surface area contributed by atoms with Crippen LogP contribution in [0.2, 0.25) is 0 Å². The van der Waals surface area contributed by atoms with E-state index in [2.05, 4.69) is 4.89 Å². The topological polar surface area (TPSA) is 32.1 Å². The first-order valence-corrected chi connectivity index (χ1v) is 2.74. The molecule has 0 spiro atoms. The van der Waals surface area contributed by atoms with Crippen molar-refractivity contribution in [3.8, 4) is 0 Å². The van der Waals surface area contributed by atoms with Crippen LogP contribution in [0.1, 0.15) is 5.56 Å². The lowest BCUT2D eigenvalue weighted by molar-refractivity contribution is -0.205. The molecule has 0 saturated carbocycles. The summed E-state index contributed by atoms with van der Waals surface area (Å²) in [7, 11) is 0. The van der Waals surface area contributed by atoms with Crippen molar-refractivity contribution < 1.29 is 14.5 Å². The van der Waals surface area contributed by atoms with Crippen molar-refractivity contribution in [1.82, 2.24) is 0 Å². The van der Waals surface area contributed by atoms with Crippen LogP contribution in [0.4, 0.5) is 4.39 Å². The summed E-state index contributed by atoms with van der Waals surface area (Å²) in [5, 5.41) is 6.34. The molecule has 1 aromatic rings. The highest BCUT2D eigenvalue weighted by Gasteiger charge is 1.84. The fourth-order valence-electron chi connectivity index (χ4n) is 0.609. The molecule has 2 nitrogen and oxygen atoms in total. The maximum absolute atomic E-state index is 12.2. The van der Waals surface area contributed by atoms with E-state index in [-0.39, 0.29) is 5.82 Å². The zero-order valence-corrected chi connectivity index (χ0v) is 5.17. The van der Waals surface area contributed by atoms with Crippen molar-refractivity contribution in [2.45, 2.75) is 0 Å². The van der Waals surface area contributed by atoms with Gasteiger partial charge in [0, 0.05) is 6.61 Å². The van der Waals surface area contributed by atoms with E-state index < -0.39 is 0 Å². The van der Waals surface area contributed by atoms with Crippen molar-refractivity contribution >= 4 is 0 Å². The normalized spacial score (nSPS) is 9.40. The van der Waals surface area contributed by atoms with E-state index in [1.165, 1.54) is 30.9 Å². The first-order chi connectivity index (χ1) is 4.83. The van der Waals surface area contributed by atoms with Gasteiger partial charge in [0.15, 0.2) is 0 Å². The number of hydrogen-bond acceptors (Lipinski definition) is 1. The monoisotopic (exact) mass is 141 g/mol. The Kier molecular flexibility index (Phi) is 2.25. The smallest absolute Gasteiger partial charge is 0.0987 e. The molecule has 0 bridgehead atoms. The maximum atomic E-state index is 12.2. The molecule has 0 aromatic heterocycles. The molecule has 1 rings (SSSR count). The summed E-state index contributed by atoms with van der Waals surface area (Å²) < 4.78 is 12.2. The van der Waals surface area contributed by atoms with Gasteiger partial charge in [-0.3, -0.25) is 5.26 Å². The molecule has 0 unspecified atom stereocenters. The Hall–Kier alpha value is -1.06. The molecule has 0 aliphatic rings. The predicted molar refractivity (Wildman–Crippen MR) is 34.5 cm³/mol. The molecule has 0 atom stereocenters. The number of rotatable bonds is 2. The van der Waals surface area contributed by atoms with Crippen molar-refractivity contribution in [3.63, 3.8) is 0 Å². The second-order valence-corrected chi connectivity index (χ2v) is 1.79. The molecule has 0 aliphatic carbocycles. The largest absolute Gasteiger partial charge is 0.267 e. The number of benzene rings is 1. The highest BCUT2D eigenvalue weighted by molar-refractivity contribution is 5.20. The summed E-state index contributed by atoms with van der Waals surface area (Å²) in [4.78, 5) is 3.97. The minimum atomic E-state index is -0.290. The minimum Gasteiger partial charge on any atom is -0.267 e. The lowest BCUT2D eigenvalue weighted by atomic mass is 10.2. The van der Waals surface area contributed by atoms with Crippen LogP contribution in [-0.2, 0) is 4.89 Å². The van der Waals surface area contributed by atoms with E-state index in [0.29, 0.717) is 5.56 Å². The lowest BCUT2D eigenvalue weighted by Gasteiger charge is -2.02. The van der Waals surface area contributed by atoms with Crippen molar-refractivity contribution in [2.24, 2.45) is 0 Å². The van der Waals surface area contributed by atoms with Crippen LogP contribution < -0.4 is 0 Å². The Morgan fingerprint density at radius 3 is 2.40 bits per heavy atom. The molecule has 0 fully saturated rings. The van der Waals surface area contributed by atoms with E-state index >= 15 is 0 Å². The van der Waals surface area contributed by atoms with Gasteiger partial charge in [-0.15, -0.1) is 4.89 Å². The molecule has 0 heterocycles. The molecule has 0 saturated heterocycles. The van der Waals surface area contributed by atoms with Gasteiger partial charge in [-0.1, -0.05) is 12.1 Å². The van der Waals surface area contributed by atoms with E-state index in [0.717, 1.165) is 0 Å². The van der Waals surface area contributed by atoms with Gasteiger partial charge in [0.2, 0.25) is 0 Å². The molecular weight excluding hydrogens is 134 g/mol. The molecule has 54 valence electrons. The van der Waals surface area contributed by atoms with Crippen molar-refractivity contribution in [2.75, 3.05) is 0 Å². The Morgan fingerprint density at radius 1 is 1.30 bits per heavy atom. The Labute approximate surface area is 57.8 Å². The summed E-state index contributed by atoms with van der Waals surface area (Å²) in [5.74, 6) is -0.290. The van der Waals surface area contributed by atoms with Crippen molar-refractivity contribution in [3.05, 3.63) is 42.3 Å². The molecule has 3 heteroatoms. The van der Waals surface area contributed by atoms with Gasteiger partial charge in [-0.25, -0.2) is 4.39 Å². The highest BCUT2D eigenvalue weighted by Crippen LogP contribution is 2.04. The van der Waals surface area contributed by atoms with Gasteiger partial charge in [0.1, 0.15) is 0 Å². The Bertz CT molecular complexity index is 195. The second-order valence-electron chi connectivity index (χ2n) is 1.79. The average molecular weight is 141 g/mol. The van der Waals surface area contributed by atoms with E-state index in [1.54, 1.807) is 0 Å². The van der Waals surface area contributed by atoms with Crippen LogP contribution in [0.15, 0.2) is 24.3 Å². The van der Waals surface area contributed by atoms with Gasteiger partial charge in [0.05, 0.1) is 5.82 Å². The zero-order valence-electron chi connectivity index (χ0n) is 5.17. The number of halogens is 1. The van der Waals surface area contributed by atoms with Crippen LogP contribution in [0.3, 0.4) is 0 Å². The fourth-order valence-corrected chi connectivity index (χ4v) is 0.609. The molecule has 0 radical (unpaired) electrons. The highest BCUT2D eigenvalue weighted by atomic mass is 18.2. The van der Waals surface area contributed by atoms with E-state index in [9.17, 15) is 4.39 Å². The first-order valence-electron chi connectivity index (χ1n) is 2.74. The third kappa shape index (κ3) is 1.72. The maximum Gasteiger partial charge on any atom is 0.0987 e. The Balaban J connectivity index is 2.69. The van der Waals surface area contributed by atoms with Gasteiger partial charge in [-0.2, -0.15) is 17.7 Å². The lowest BCUT2D eigenvalue weighted by Crippen LogP contribution is -1.83. The molecule has 1 aromatic carbocycles. The fraction of sp³-hybridized carbons (Fsp3) is 0. The summed E-state index contributed by atoms with van der Waals surface area (Å²) in [6.07, 6.45) is 0. The summed E-state index contributed by atoms with van der Waals surface area (Å²) in [6.45, 7) is 1.22. The molecule has 2 N–H and O–H groups in total. The minimum absolute atomic E-state index is 0.290. The third-order valence-electron chi connectivity index (χ3n) is 1.07. The Morgan fingerprint density at radius 2 is 1.90 bits per heavy atom. The SMILES string of the molecule is [OH2+]O[CH-]c1ccc([18F])cc1. The van der Waals surface area contributed by atoms with Crippen LogP contribution in [0.25, 0.3) is 0 Å². The van der Waals surface area contributed by atoms with E-state index in [4.69, 9.17) is 5.26 Å². The average Bonchev–Trinajstić information content (AvgIpc) is 1.95. The van der Waals surface area contributed by atoms with Crippen LogP contribution in [0.5, 0.6) is 0 Å². The molecule has 10 heavy (non-hydrogen) atoms. The van der Waals surface area contributed by atoms with Crippen LogP contribution in [0, 0.1) is 12.4 Å². The standard InChI is InChI=1S/C7H6FO2/c8-7-3-1-6(2-4-7)5-10-9/h1-5,9H/q-1/p+1/i8-1. The number of hydrogen-bond donors (Lipinski definition) is 0. The zero-order chi connectivity index (χ0) is 7.40. The van der Waals surface area contributed by atoms with Gasteiger partial charge >= 0.3 is 0 Å². The van der Waals surface area contributed by atoms with Crippen molar-refractivity contribution in [1.29, 1.82) is 0 Å². The third-order valence-corrected chi connectivity index (χ3v) is 1.07. The van der Waals surface area contributed by atoms with Gasteiger partial charge < -0.3 is 0 Å². The van der Waals surface area contributed by atoms with Gasteiger partial charge in [0.25, 0.3) is 0 Å². The predicted octanol–water partition coefficient (Wildman–Crippen LogP) is 0.992. The molecular formula is C7H7FO2. The quantitative estimate of drug-likeness (QED) is 0.261. The summed E-state index contributed by atoms with van der Waals surface area (Å²) in [5.41, 5.74) is 0.677. The molecule has 0 amide bonds.